The number of aliphatic carboxylic acids is 1. The third-order valence-corrected chi connectivity index (χ3v) is 20.1. The fourth-order valence-corrected chi connectivity index (χ4v) is 16.7. The Morgan fingerprint density at radius 1 is 0.815 bits per heavy atom. The van der Waals surface area contributed by atoms with Gasteiger partial charge in [-0.1, -0.05) is 92.2 Å². The van der Waals surface area contributed by atoms with Crippen LogP contribution in [0.25, 0.3) is 0 Å². The second-order valence-electron chi connectivity index (χ2n) is 22.7. The fraction of sp³-hybridized carbons (Fsp3) is 0.820. The van der Waals surface area contributed by atoms with Gasteiger partial charge < -0.3 is 15.3 Å². The maximum absolute atomic E-state index is 11.9. The third kappa shape index (κ3) is 5.57. The number of fused-ring (bicyclic) bond motifs is 10. The first-order valence-corrected chi connectivity index (χ1v) is 22.5. The zero-order valence-electron chi connectivity index (χ0n) is 36.1. The van der Waals surface area contributed by atoms with E-state index in [1.165, 1.54) is 80.1 Å². The average Bonchev–Trinajstić information content (AvgIpc) is 3.51. The van der Waals surface area contributed by atoms with Gasteiger partial charge in [0.1, 0.15) is 0 Å². The molecule has 0 heterocycles. The summed E-state index contributed by atoms with van der Waals surface area (Å²) in [4.78, 5) is 11.9. The number of benzene rings is 1. The van der Waals surface area contributed by atoms with Crippen molar-refractivity contribution in [2.45, 2.75) is 183 Å². The second-order valence-corrected chi connectivity index (χ2v) is 22.7. The van der Waals surface area contributed by atoms with Crippen LogP contribution in [0.2, 0.25) is 0 Å². The SMILES string of the molecule is C=C(C)[C@@H]1CC[C@]2(CO)CC[C@]3(C)[C@H](CC[C@@H]4[C@@]5(C)CC[C@H](O)C(C)(C)[C@@H]5CC[C@]43C)[C@@H]12.CC(C)c1ccc2c(c1)CC[C@H]1[C@](C)(C(=O)O)CCC[C@]21C. The van der Waals surface area contributed by atoms with E-state index in [1.807, 2.05) is 6.92 Å². The second kappa shape index (κ2) is 13.5. The zero-order chi connectivity index (χ0) is 39.4. The summed E-state index contributed by atoms with van der Waals surface area (Å²) in [5.74, 6) is 3.52. The summed E-state index contributed by atoms with van der Waals surface area (Å²) in [6.07, 6.45) is 17.2. The van der Waals surface area contributed by atoms with Crippen molar-refractivity contribution in [2.75, 3.05) is 6.61 Å². The van der Waals surface area contributed by atoms with Crippen molar-refractivity contribution in [3.8, 4) is 0 Å². The molecule has 7 aliphatic carbocycles. The van der Waals surface area contributed by atoms with Gasteiger partial charge in [-0.3, -0.25) is 4.79 Å². The molecule has 302 valence electrons. The molecule has 0 spiro atoms. The summed E-state index contributed by atoms with van der Waals surface area (Å²) in [6.45, 7) is 28.5. The van der Waals surface area contributed by atoms with E-state index in [1.54, 1.807) is 0 Å². The fourth-order valence-electron chi connectivity index (χ4n) is 16.7. The minimum Gasteiger partial charge on any atom is -0.481 e. The molecule has 0 saturated heterocycles. The third-order valence-electron chi connectivity index (χ3n) is 20.1. The first kappa shape index (κ1) is 40.5. The van der Waals surface area contributed by atoms with Gasteiger partial charge in [0, 0.05) is 6.61 Å². The van der Waals surface area contributed by atoms with Crippen molar-refractivity contribution in [3.05, 3.63) is 47.0 Å². The molecule has 0 aliphatic heterocycles. The van der Waals surface area contributed by atoms with Crippen LogP contribution < -0.4 is 0 Å². The van der Waals surface area contributed by atoms with Gasteiger partial charge in [0.2, 0.25) is 0 Å². The predicted octanol–water partition coefficient (Wildman–Crippen LogP) is 11.9. The lowest BCUT2D eigenvalue weighted by molar-refractivity contribution is -0.249. The van der Waals surface area contributed by atoms with Crippen LogP contribution in [0.1, 0.15) is 182 Å². The summed E-state index contributed by atoms with van der Waals surface area (Å²) in [5.41, 5.74) is 6.33. The maximum Gasteiger partial charge on any atom is 0.309 e. The van der Waals surface area contributed by atoms with E-state index >= 15 is 0 Å². The average molecular weight is 743 g/mol. The van der Waals surface area contributed by atoms with Crippen molar-refractivity contribution in [1.82, 2.24) is 0 Å². The highest BCUT2D eigenvalue weighted by molar-refractivity contribution is 5.75. The molecule has 54 heavy (non-hydrogen) atoms. The summed E-state index contributed by atoms with van der Waals surface area (Å²) in [5, 5.41) is 31.4. The molecule has 4 nitrogen and oxygen atoms in total. The summed E-state index contributed by atoms with van der Waals surface area (Å²) < 4.78 is 0. The van der Waals surface area contributed by atoms with Crippen molar-refractivity contribution in [3.63, 3.8) is 0 Å². The lowest BCUT2D eigenvalue weighted by Crippen LogP contribution is -2.66. The molecular weight excluding hydrogens is 665 g/mol. The van der Waals surface area contributed by atoms with Gasteiger partial charge in [0.15, 0.2) is 0 Å². The monoisotopic (exact) mass is 743 g/mol. The lowest BCUT2D eigenvalue weighted by Gasteiger charge is -2.73. The van der Waals surface area contributed by atoms with Crippen molar-refractivity contribution in [1.29, 1.82) is 0 Å². The van der Waals surface area contributed by atoms with Gasteiger partial charge in [0.05, 0.1) is 11.5 Å². The van der Waals surface area contributed by atoms with Crippen LogP contribution in [0.15, 0.2) is 30.4 Å². The normalized spacial score (nSPS) is 47.4. The van der Waals surface area contributed by atoms with Crippen LogP contribution in [0, 0.1) is 68.0 Å². The Hall–Kier alpha value is -1.65. The number of carbonyl (C=O) groups is 1. The van der Waals surface area contributed by atoms with Gasteiger partial charge in [-0.25, -0.2) is 0 Å². The Morgan fingerprint density at radius 2 is 1.54 bits per heavy atom. The van der Waals surface area contributed by atoms with Crippen LogP contribution in [-0.4, -0.2) is 34.0 Å². The van der Waals surface area contributed by atoms with Crippen LogP contribution in [0.3, 0.4) is 0 Å². The molecule has 4 heteroatoms. The van der Waals surface area contributed by atoms with E-state index in [4.69, 9.17) is 0 Å². The number of rotatable bonds is 4. The predicted molar refractivity (Wildman–Crippen MR) is 221 cm³/mol. The van der Waals surface area contributed by atoms with Gasteiger partial charge in [-0.05, 0) is 194 Å². The van der Waals surface area contributed by atoms with E-state index in [-0.39, 0.29) is 28.3 Å². The topological polar surface area (TPSA) is 77.8 Å². The number of aliphatic hydroxyl groups excluding tert-OH is 2. The van der Waals surface area contributed by atoms with Crippen LogP contribution in [0.4, 0.5) is 0 Å². The number of hydrogen-bond acceptors (Lipinski definition) is 3. The standard InChI is InChI=1S/C30H50O2.C20H28O2/c1-19(2)20-10-15-30(18-31)17-16-28(6)21(25(20)30)8-9-23-27(5)13-12-24(32)26(3,4)22(27)11-14-29(23,28)7;1-13(2)14-6-8-16-15(12-14)7-9-17-19(16,3)10-5-11-20(17,4)18(21)22/h20-25,31-32H,1,8-18H2,2-7H3;6,8,12-13,17H,5,7,9-11H2,1-4H3,(H,21,22)/t20-,21+,22-,23+,24-,25+,27-,28+,29+,30+;17-,19-,20-/m01/s1. The summed E-state index contributed by atoms with van der Waals surface area (Å²) in [6, 6.07) is 6.92. The molecule has 0 unspecified atom stereocenters. The van der Waals surface area contributed by atoms with E-state index in [0.717, 1.165) is 50.4 Å². The maximum atomic E-state index is 11.9. The Balaban J connectivity index is 0.000000179. The van der Waals surface area contributed by atoms with Crippen molar-refractivity contribution in [2.24, 2.45) is 68.0 Å². The Morgan fingerprint density at radius 3 is 2.19 bits per heavy atom. The lowest BCUT2D eigenvalue weighted by atomic mass is 9.32. The largest absolute Gasteiger partial charge is 0.481 e. The molecule has 0 bridgehead atoms. The van der Waals surface area contributed by atoms with Gasteiger partial charge in [0.25, 0.3) is 0 Å². The van der Waals surface area contributed by atoms with E-state index < -0.39 is 11.4 Å². The minimum atomic E-state index is -0.606. The number of carboxylic acid groups (broad SMARTS) is 1. The highest BCUT2D eigenvalue weighted by Gasteiger charge is 2.70. The van der Waals surface area contributed by atoms with Crippen LogP contribution in [0.5, 0.6) is 0 Å². The van der Waals surface area contributed by atoms with E-state index in [0.29, 0.717) is 46.5 Å². The van der Waals surface area contributed by atoms with Gasteiger partial charge >= 0.3 is 5.97 Å². The quantitative estimate of drug-likeness (QED) is 0.268. The number of hydrogen-bond donors (Lipinski definition) is 3. The Bertz CT molecular complexity index is 1630. The van der Waals surface area contributed by atoms with E-state index in [2.05, 4.69) is 87.1 Å². The summed E-state index contributed by atoms with van der Waals surface area (Å²) >= 11 is 0. The molecular formula is C50H78O4. The molecule has 3 N–H and O–H groups in total. The zero-order valence-corrected chi connectivity index (χ0v) is 36.1. The van der Waals surface area contributed by atoms with Gasteiger partial charge in [-0.2, -0.15) is 0 Å². The molecule has 1 aromatic rings. The van der Waals surface area contributed by atoms with Crippen LogP contribution >= 0.6 is 0 Å². The minimum absolute atomic E-state index is 0.0223. The smallest absolute Gasteiger partial charge is 0.309 e. The first-order valence-electron chi connectivity index (χ1n) is 22.5. The Labute approximate surface area is 329 Å². The molecule has 0 aromatic heterocycles. The molecule has 0 amide bonds. The Kier molecular flexibility index (Phi) is 10.1. The molecule has 6 fully saturated rings. The number of carboxylic acids is 1. The number of aliphatic hydroxyl groups is 2. The van der Waals surface area contributed by atoms with Crippen molar-refractivity contribution < 1.29 is 20.1 Å². The number of allylic oxidation sites excluding steroid dienone is 1. The molecule has 13 atom stereocenters. The highest BCUT2D eigenvalue weighted by Crippen LogP contribution is 2.77. The molecule has 8 rings (SSSR count). The molecule has 0 radical (unpaired) electrons. The molecule has 6 saturated carbocycles. The first-order chi connectivity index (χ1) is 25.2. The van der Waals surface area contributed by atoms with Gasteiger partial charge in [-0.15, -0.1) is 0 Å². The van der Waals surface area contributed by atoms with Crippen LogP contribution in [-0.2, 0) is 16.6 Å². The molecule has 7 aliphatic rings. The molecule has 1 aromatic carbocycles. The summed E-state index contributed by atoms with van der Waals surface area (Å²) in [7, 11) is 0. The van der Waals surface area contributed by atoms with E-state index in [9.17, 15) is 20.1 Å². The number of aryl methyl sites for hydroxylation is 1. The van der Waals surface area contributed by atoms with Crippen molar-refractivity contribution >= 4 is 5.97 Å². The highest BCUT2D eigenvalue weighted by atomic mass is 16.4.